The predicted molar refractivity (Wildman–Crippen MR) is 159 cm³/mol. The molecule has 0 saturated heterocycles. The minimum absolute atomic E-state index is 0.154. The number of hydrogen-bond acceptors (Lipinski definition) is 7. The second kappa shape index (κ2) is 14.0. The highest BCUT2D eigenvalue weighted by molar-refractivity contribution is 6.40. The second-order valence-electron chi connectivity index (χ2n) is 8.93. The van der Waals surface area contributed by atoms with E-state index in [2.05, 4.69) is 21.2 Å². The summed E-state index contributed by atoms with van der Waals surface area (Å²) in [5.74, 6) is -1.98. The van der Waals surface area contributed by atoms with Crippen LogP contribution < -0.4 is 25.5 Å². The van der Waals surface area contributed by atoms with Gasteiger partial charge in [0.25, 0.3) is 5.91 Å². The summed E-state index contributed by atoms with van der Waals surface area (Å²) in [6.45, 7) is 4.33. The number of para-hydroxylation sites is 1. The van der Waals surface area contributed by atoms with Crippen molar-refractivity contribution in [1.82, 2.24) is 5.43 Å². The lowest BCUT2D eigenvalue weighted by Crippen LogP contribution is -2.33. The highest BCUT2D eigenvalue weighted by Crippen LogP contribution is 2.20. The van der Waals surface area contributed by atoms with E-state index in [0.717, 1.165) is 5.56 Å². The lowest BCUT2D eigenvalue weighted by atomic mass is 10.1. The molecule has 0 aliphatic carbocycles. The number of rotatable bonds is 9. The van der Waals surface area contributed by atoms with E-state index in [1.165, 1.54) is 18.3 Å². The van der Waals surface area contributed by atoms with Crippen LogP contribution in [0.25, 0.3) is 0 Å². The Kier molecular flexibility index (Phi) is 9.76. The van der Waals surface area contributed by atoms with Crippen molar-refractivity contribution in [3.8, 4) is 11.5 Å². The number of amides is 3. The zero-order valence-electron chi connectivity index (χ0n) is 22.9. The van der Waals surface area contributed by atoms with Crippen LogP contribution in [0.3, 0.4) is 0 Å². The first-order valence-electron chi connectivity index (χ1n) is 13.0. The van der Waals surface area contributed by atoms with Gasteiger partial charge in [0.2, 0.25) is 0 Å². The minimum Gasteiger partial charge on any atom is -0.494 e. The van der Waals surface area contributed by atoms with Gasteiger partial charge < -0.3 is 20.1 Å². The molecule has 0 fully saturated rings. The van der Waals surface area contributed by atoms with Crippen LogP contribution in [-0.2, 0) is 9.59 Å². The third kappa shape index (κ3) is 8.12. The quantitative estimate of drug-likeness (QED) is 0.0865. The van der Waals surface area contributed by atoms with Gasteiger partial charge in [-0.05, 0) is 92.2 Å². The average molecular weight is 565 g/mol. The summed E-state index contributed by atoms with van der Waals surface area (Å²) in [5.41, 5.74) is 5.06. The molecule has 42 heavy (non-hydrogen) atoms. The van der Waals surface area contributed by atoms with Crippen LogP contribution in [0.4, 0.5) is 11.4 Å². The Labute approximate surface area is 242 Å². The Balaban J connectivity index is 1.29. The van der Waals surface area contributed by atoms with Crippen molar-refractivity contribution in [3.63, 3.8) is 0 Å². The molecule has 0 saturated carbocycles. The highest BCUT2D eigenvalue weighted by Gasteiger charge is 2.18. The molecular formula is C32H28N4O6. The number of esters is 1. The van der Waals surface area contributed by atoms with Crippen LogP contribution in [0.5, 0.6) is 11.5 Å². The third-order valence-electron chi connectivity index (χ3n) is 5.81. The molecule has 0 aromatic heterocycles. The minimum atomic E-state index is -1.03. The number of benzene rings is 4. The summed E-state index contributed by atoms with van der Waals surface area (Å²) >= 11 is 0. The van der Waals surface area contributed by atoms with E-state index in [-0.39, 0.29) is 11.3 Å². The molecule has 0 aliphatic rings. The van der Waals surface area contributed by atoms with Crippen molar-refractivity contribution in [2.24, 2.45) is 5.10 Å². The van der Waals surface area contributed by atoms with Gasteiger partial charge in [-0.2, -0.15) is 5.10 Å². The lowest BCUT2D eigenvalue weighted by molar-refractivity contribution is -0.136. The van der Waals surface area contributed by atoms with Crippen LogP contribution >= 0.6 is 0 Å². The summed E-state index contributed by atoms with van der Waals surface area (Å²) in [6, 6.07) is 26.6. The van der Waals surface area contributed by atoms with Crippen molar-refractivity contribution >= 4 is 41.3 Å². The van der Waals surface area contributed by atoms with Gasteiger partial charge in [0.15, 0.2) is 0 Å². The zero-order chi connectivity index (χ0) is 29.9. The summed E-state index contributed by atoms with van der Waals surface area (Å²) < 4.78 is 10.8. The first kappa shape index (κ1) is 29.2. The van der Waals surface area contributed by atoms with Crippen molar-refractivity contribution in [2.75, 3.05) is 17.2 Å². The molecule has 0 atom stereocenters. The monoisotopic (exact) mass is 564 g/mol. The number of carbonyl (C=O) groups excluding carboxylic acids is 4. The second-order valence-corrected chi connectivity index (χ2v) is 8.93. The number of anilines is 2. The summed E-state index contributed by atoms with van der Waals surface area (Å²) in [4.78, 5) is 49.9. The number of carbonyl (C=O) groups is 4. The fourth-order valence-electron chi connectivity index (χ4n) is 3.66. The van der Waals surface area contributed by atoms with Crippen LogP contribution in [0, 0.1) is 6.92 Å². The largest absolute Gasteiger partial charge is 0.494 e. The molecule has 0 aliphatic heterocycles. The molecule has 10 nitrogen and oxygen atoms in total. The van der Waals surface area contributed by atoms with Crippen molar-refractivity contribution in [1.29, 1.82) is 0 Å². The molecule has 0 spiro atoms. The van der Waals surface area contributed by atoms with E-state index >= 15 is 0 Å². The zero-order valence-corrected chi connectivity index (χ0v) is 22.9. The molecule has 4 aromatic carbocycles. The molecule has 0 heterocycles. The molecule has 3 N–H and O–H groups in total. The summed E-state index contributed by atoms with van der Waals surface area (Å²) in [7, 11) is 0. The van der Waals surface area contributed by atoms with Gasteiger partial charge in [0.1, 0.15) is 11.5 Å². The van der Waals surface area contributed by atoms with E-state index < -0.39 is 23.7 Å². The molecule has 10 heteroatoms. The van der Waals surface area contributed by atoms with Crippen LogP contribution in [-0.4, -0.2) is 36.5 Å². The van der Waals surface area contributed by atoms with Crippen LogP contribution in [0.1, 0.15) is 38.8 Å². The van der Waals surface area contributed by atoms with Gasteiger partial charge in [-0.25, -0.2) is 10.2 Å². The fourth-order valence-corrected chi connectivity index (χ4v) is 3.66. The highest BCUT2D eigenvalue weighted by atomic mass is 16.5. The Morgan fingerprint density at radius 1 is 0.762 bits per heavy atom. The molecule has 0 bridgehead atoms. The molecule has 0 radical (unpaired) electrons. The smallest absolute Gasteiger partial charge is 0.343 e. The Hall–Kier alpha value is -5.77. The number of hydrogen-bond donors (Lipinski definition) is 3. The van der Waals surface area contributed by atoms with Crippen molar-refractivity contribution < 1.29 is 28.7 Å². The van der Waals surface area contributed by atoms with E-state index in [9.17, 15) is 19.2 Å². The Bertz CT molecular complexity index is 1600. The van der Waals surface area contributed by atoms with Gasteiger partial charge in [-0.15, -0.1) is 0 Å². The van der Waals surface area contributed by atoms with Gasteiger partial charge in [0, 0.05) is 5.69 Å². The fraction of sp³-hybridized carbons (Fsp3) is 0.0938. The first-order valence-corrected chi connectivity index (χ1v) is 13.0. The maximum Gasteiger partial charge on any atom is 0.343 e. The summed E-state index contributed by atoms with van der Waals surface area (Å²) in [6.07, 6.45) is 1.33. The van der Waals surface area contributed by atoms with Crippen molar-refractivity contribution in [2.45, 2.75) is 13.8 Å². The molecule has 4 aromatic rings. The Morgan fingerprint density at radius 2 is 1.43 bits per heavy atom. The van der Waals surface area contributed by atoms with Crippen LogP contribution in [0.15, 0.2) is 102 Å². The topological polar surface area (TPSA) is 135 Å². The number of hydrazone groups is 1. The first-order chi connectivity index (χ1) is 20.3. The van der Waals surface area contributed by atoms with E-state index in [4.69, 9.17) is 9.47 Å². The normalized spacial score (nSPS) is 10.5. The van der Waals surface area contributed by atoms with Gasteiger partial charge in [-0.1, -0.05) is 29.8 Å². The maximum absolute atomic E-state index is 12.8. The number of nitrogens with zero attached hydrogens (tertiary/aromatic N) is 1. The third-order valence-corrected chi connectivity index (χ3v) is 5.81. The Morgan fingerprint density at radius 3 is 2.12 bits per heavy atom. The molecular weight excluding hydrogens is 536 g/mol. The summed E-state index contributed by atoms with van der Waals surface area (Å²) in [5, 5.41) is 8.99. The molecule has 4 rings (SSSR count). The SMILES string of the molecule is CCOc1ccc(NC(=O)c2ccccc2NC(=O)C(=O)NN=Cc2ccc(OC(=O)c3ccc(C)cc3)cc2)cc1. The van der Waals surface area contributed by atoms with Crippen LogP contribution in [0.2, 0.25) is 0 Å². The van der Waals surface area contributed by atoms with Gasteiger partial charge in [0.05, 0.1) is 29.6 Å². The lowest BCUT2D eigenvalue weighted by Gasteiger charge is -2.11. The average Bonchev–Trinajstić information content (AvgIpc) is 2.99. The van der Waals surface area contributed by atoms with E-state index in [0.29, 0.717) is 34.9 Å². The van der Waals surface area contributed by atoms with Gasteiger partial charge >= 0.3 is 17.8 Å². The predicted octanol–water partition coefficient (Wildman–Crippen LogP) is 4.95. The van der Waals surface area contributed by atoms with Crippen molar-refractivity contribution in [3.05, 3.63) is 119 Å². The van der Waals surface area contributed by atoms with E-state index in [1.807, 2.05) is 26.0 Å². The number of aryl methyl sites for hydroxylation is 1. The molecule has 212 valence electrons. The maximum atomic E-state index is 12.8. The van der Waals surface area contributed by atoms with E-state index in [1.54, 1.807) is 72.8 Å². The number of nitrogens with one attached hydrogen (secondary N) is 3. The molecule has 0 unspecified atom stereocenters. The van der Waals surface area contributed by atoms with Gasteiger partial charge in [-0.3, -0.25) is 14.4 Å². The molecule has 3 amide bonds. The standard InChI is InChI=1S/C32H28N4O6/c1-3-41-25-18-14-24(15-19-25)34-29(37)27-6-4-5-7-28(27)35-30(38)31(39)36-33-20-22-10-16-26(17-11-22)42-32(40)23-12-8-21(2)9-13-23/h4-20H,3H2,1-2H3,(H,34,37)(H,35,38)(H,36,39). The number of ether oxygens (including phenoxy) is 2.